The van der Waals surface area contributed by atoms with Crippen molar-refractivity contribution in [1.29, 1.82) is 0 Å². The van der Waals surface area contributed by atoms with Crippen LogP contribution in [0.1, 0.15) is 30.4 Å². The summed E-state index contributed by atoms with van der Waals surface area (Å²) in [5.41, 5.74) is 0.515. The van der Waals surface area contributed by atoms with Crippen molar-refractivity contribution in [1.82, 2.24) is 30.0 Å². The van der Waals surface area contributed by atoms with Crippen molar-refractivity contribution < 1.29 is 0 Å². The predicted octanol–water partition coefficient (Wildman–Crippen LogP) is 2.07. The summed E-state index contributed by atoms with van der Waals surface area (Å²) in [7, 11) is 0. The number of hydrogen-bond acceptors (Lipinski definition) is 5. The van der Waals surface area contributed by atoms with Crippen LogP contribution in [0.4, 0.5) is 0 Å². The summed E-state index contributed by atoms with van der Waals surface area (Å²) in [4.78, 5) is 26.1. The first kappa shape index (κ1) is 15.3. The smallest absolute Gasteiger partial charge is 0.258 e. The Morgan fingerprint density at radius 1 is 1.29 bits per heavy atom. The van der Waals surface area contributed by atoms with Crippen LogP contribution in [0.25, 0.3) is 10.9 Å². The molecular formula is C16H17ClN6O. The van der Waals surface area contributed by atoms with Gasteiger partial charge in [-0.1, -0.05) is 11.6 Å². The summed E-state index contributed by atoms with van der Waals surface area (Å²) in [6.07, 6.45) is 3.58. The van der Waals surface area contributed by atoms with Crippen molar-refractivity contribution in [3.63, 3.8) is 0 Å². The number of piperidine rings is 1. The Bertz CT molecular complexity index is 899. The lowest BCUT2D eigenvalue weighted by molar-refractivity contribution is 0.197. The topological polar surface area (TPSA) is 90.6 Å². The number of fused-ring (bicyclic) bond motifs is 1. The molecular weight excluding hydrogens is 328 g/mol. The van der Waals surface area contributed by atoms with Gasteiger partial charge in [-0.2, -0.15) is 5.10 Å². The Balaban J connectivity index is 1.48. The molecule has 0 amide bonds. The quantitative estimate of drug-likeness (QED) is 0.759. The Labute approximate surface area is 143 Å². The van der Waals surface area contributed by atoms with Crippen LogP contribution >= 0.6 is 11.6 Å². The third kappa shape index (κ3) is 3.05. The molecule has 0 spiro atoms. The standard InChI is InChI=1S/C16H17ClN6O/c17-11-1-2-12-13(7-11)20-14(21-16(12)24)8-23-5-3-10(4-6-23)15-18-9-19-22-15/h1-2,7,9-10H,3-6,8H2,(H,18,19,22)(H,20,21,24). The minimum Gasteiger partial charge on any atom is -0.309 e. The molecule has 1 fully saturated rings. The lowest BCUT2D eigenvalue weighted by Crippen LogP contribution is -2.34. The zero-order valence-electron chi connectivity index (χ0n) is 13.0. The highest BCUT2D eigenvalue weighted by Gasteiger charge is 2.23. The molecule has 0 radical (unpaired) electrons. The molecule has 124 valence electrons. The number of benzene rings is 1. The van der Waals surface area contributed by atoms with Gasteiger partial charge in [-0.15, -0.1) is 0 Å². The summed E-state index contributed by atoms with van der Waals surface area (Å²) in [6.45, 7) is 2.49. The number of H-pyrrole nitrogens is 2. The Kier molecular flexibility index (Phi) is 4.03. The van der Waals surface area contributed by atoms with Crippen LogP contribution in [0, 0.1) is 0 Å². The second-order valence-electron chi connectivity index (χ2n) is 6.10. The van der Waals surface area contributed by atoms with Gasteiger partial charge in [-0.25, -0.2) is 9.97 Å². The molecule has 0 unspecified atom stereocenters. The molecule has 8 heteroatoms. The molecule has 3 aromatic rings. The number of likely N-dealkylation sites (tertiary alicyclic amines) is 1. The van der Waals surface area contributed by atoms with E-state index in [9.17, 15) is 4.79 Å². The van der Waals surface area contributed by atoms with Crippen molar-refractivity contribution in [2.45, 2.75) is 25.3 Å². The zero-order chi connectivity index (χ0) is 16.5. The number of nitrogens with one attached hydrogen (secondary N) is 2. The number of aromatic amines is 2. The zero-order valence-corrected chi connectivity index (χ0v) is 13.8. The van der Waals surface area contributed by atoms with E-state index in [1.807, 2.05) is 0 Å². The fourth-order valence-corrected chi connectivity index (χ4v) is 3.39. The van der Waals surface area contributed by atoms with Crippen molar-refractivity contribution in [3.05, 3.63) is 51.6 Å². The van der Waals surface area contributed by atoms with E-state index in [1.165, 1.54) is 0 Å². The molecule has 1 aliphatic rings. The second kappa shape index (κ2) is 6.33. The third-order valence-corrected chi connectivity index (χ3v) is 4.73. The maximum absolute atomic E-state index is 12.2. The fourth-order valence-electron chi connectivity index (χ4n) is 3.22. The molecule has 1 aliphatic heterocycles. The van der Waals surface area contributed by atoms with Crippen molar-refractivity contribution in [2.75, 3.05) is 13.1 Å². The highest BCUT2D eigenvalue weighted by Crippen LogP contribution is 2.25. The van der Waals surface area contributed by atoms with Crippen LogP contribution in [0.3, 0.4) is 0 Å². The average Bonchev–Trinajstić information content (AvgIpc) is 3.09. The Hall–Kier alpha value is -2.25. The van der Waals surface area contributed by atoms with E-state index in [0.29, 0.717) is 34.2 Å². The first-order valence-electron chi connectivity index (χ1n) is 7.95. The van der Waals surface area contributed by atoms with Crippen LogP contribution in [0.15, 0.2) is 29.3 Å². The van der Waals surface area contributed by atoms with Crippen LogP contribution in [0.2, 0.25) is 5.02 Å². The maximum atomic E-state index is 12.2. The molecule has 0 saturated carbocycles. The molecule has 0 aliphatic carbocycles. The van der Waals surface area contributed by atoms with Gasteiger partial charge in [-0.05, 0) is 44.1 Å². The first-order chi connectivity index (χ1) is 11.7. The minimum atomic E-state index is -0.122. The number of aromatic nitrogens is 5. The van der Waals surface area contributed by atoms with Gasteiger partial charge in [0, 0.05) is 10.9 Å². The first-order valence-corrected chi connectivity index (χ1v) is 8.33. The van der Waals surface area contributed by atoms with Crippen molar-refractivity contribution in [2.24, 2.45) is 0 Å². The average molecular weight is 345 g/mol. The summed E-state index contributed by atoms with van der Waals surface area (Å²) in [5, 5.41) is 8.02. The number of halogens is 1. The van der Waals surface area contributed by atoms with E-state index in [0.717, 1.165) is 31.8 Å². The normalized spacial score (nSPS) is 16.7. The van der Waals surface area contributed by atoms with E-state index < -0.39 is 0 Å². The van der Waals surface area contributed by atoms with Gasteiger partial charge < -0.3 is 4.98 Å². The van der Waals surface area contributed by atoms with Crippen LogP contribution in [-0.4, -0.2) is 43.1 Å². The summed E-state index contributed by atoms with van der Waals surface area (Å²) < 4.78 is 0. The van der Waals surface area contributed by atoms with E-state index in [2.05, 4.69) is 30.0 Å². The molecule has 7 nitrogen and oxygen atoms in total. The lowest BCUT2D eigenvalue weighted by Gasteiger charge is -2.30. The summed E-state index contributed by atoms with van der Waals surface area (Å²) >= 11 is 6.00. The summed E-state index contributed by atoms with van der Waals surface area (Å²) in [5.74, 6) is 2.06. The van der Waals surface area contributed by atoms with Crippen LogP contribution < -0.4 is 5.56 Å². The van der Waals surface area contributed by atoms with E-state index in [4.69, 9.17) is 11.6 Å². The van der Waals surface area contributed by atoms with Gasteiger partial charge in [0.05, 0.1) is 17.4 Å². The van der Waals surface area contributed by atoms with E-state index in [1.54, 1.807) is 24.5 Å². The van der Waals surface area contributed by atoms with Gasteiger partial charge in [0.1, 0.15) is 18.0 Å². The van der Waals surface area contributed by atoms with Crippen molar-refractivity contribution >= 4 is 22.5 Å². The van der Waals surface area contributed by atoms with Crippen LogP contribution in [0.5, 0.6) is 0 Å². The third-order valence-electron chi connectivity index (χ3n) is 4.50. The van der Waals surface area contributed by atoms with Crippen molar-refractivity contribution in [3.8, 4) is 0 Å². The van der Waals surface area contributed by atoms with E-state index in [-0.39, 0.29) is 5.56 Å². The van der Waals surface area contributed by atoms with Gasteiger partial charge in [0.2, 0.25) is 0 Å². The van der Waals surface area contributed by atoms with Gasteiger partial charge >= 0.3 is 0 Å². The SMILES string of the molecule is O=c1[nH]c(CN2CCC(c3ncn[nH]3)CC2)nc2cc(Cl)ccc12. The Morgan fingerprint density at radius 2 is 2.12 bits per heavy atom. The van der Waals surface area contributed by atoms with Crippen LogP contribution in [-0.2, 0) is 6.54 Å². The van der Waals surface area contributed by atoms with Gasteiger partial charge in [-0.3, -0.25) is 14.8 Å². The predicted molar refractivity (Wildman–Crippen MR) is 91.0 cm³/mol. The Morgan fingerprint density at radius 3 is 2.88 bits per heavy atom. The molecule has 3 heterocycles. The summed E-state index contributed by atoms with van der Waals surface area (Å²) in [6, 6.07) is 5.14. The number of rotatable bonds is 3. The molecule has 24 heavy (non-hydrogen) atoms. The van der Waals surface area contributed by atoms with Gasteiger partial charge in [0.15, 0.2) is 0 Å². The fraction of sp³-hybridized carbons (Fsp3) is 0.375. The number of hydrogen-bond donors (Lipinski definition) is 2. The highest BCUT2D eigenvalue weighted by molar-refractivity contribution is 6.31. The van der Waals surface area contributed by atoms with E-state index >= 15 is 0 Å². The molecule has 0 bridgehead atoms. The maximum Gasteiger partial charge on any atom is 0.258 e. The largest absolute Gasteiger partial charge is 0.309 e. The monoisotopic (exact) mass is 344 g/mol. The lowest BCUT2D eigenvalue weighted by atomic mass is 9.96. The molecule has 1 aromatic carbocycles. The molecule has 0 atom stereocenters. The molecule has 4 rings (SSSR count). The molecule has 2 aromatic heterocycles. The minimum absolute atomic E-state index is 0.122. The highest BCUT2D eigenvalue weighted by atomic mass is 35.5. The van der Waals surface area contributed by atoms with Gasteiger partial charge in [0.25, 0.3) is 5.56 Å². The molecule has 1 saturated heterocycles. The second-order valence-corrected chi connectivity index (χ2v) is 6.53. The molecule has 2 N–H and O–H groups in total. The number of nitrogens with zero attached hydrogens (tertiary/aromatic N) is 4.